The zero-order valence-corrected chi connectivity index (χ0v) is 13.7. The van der Waals surface area contributed by atoms with Crippen LogP contribution in [0.1, 0.15) is 24.2 Å². The molecule has 23 heavy (non-hydrogen) atoms. The summed E-state index contributed by atoms with van der Waals surface area (Å²) >= 11 is 0. The third-order valence-electron chi connectivity index (χ3n) is 4.65. The van der Waals surface area contributed by atoms with Crippen molar-refractivity contribution < 1.29 is 4.79 Å². The summed E-state index contributed by atoms with van der Waals surface area (Å²) in [6.07, 6.45) is 2.00. The molecule has 1 aromatic rings. The molecule has 0 saturated carbocycles. The van der Waals surface area contributed by atoms with E-state index >= 15 is 0 Å². The summed E-state index contributed by atoms with van der Waals surface area (Å²) in [5.74, 6) is 0.183. The number of hydrogen-bond donors (Lipinski definition) is 0. The summed E-state index contributed by atoms with van der Waals surface area (Å²) in [4.78, 5) is 19.2. The maximum absolute atomic E-state index is 12.7. The van der Waals surface area contributed by atoms with Crippen molar-refractivity contribution in [3.05, 3.63) is 17.5 Å². The standard InChI is InChI=1S/C16H24N6O/c1-19-4-2-5-20(9-8-19)13-16(23)21-6-3-7-22-15(12-21)10-14(11-17)18-22/h10H,2-9,12-13H2,1H3. The third kappa shape index (κ3) is 3.89. The van der Waals surface area contributed by atoms with Crippen LogP contribution in [0.4, 0.5) is 0 Å². The lowest BCUT2D eigenvalue weighted by Crippen LogP contribution is -2.41. The van der Waals surface area contributed by atoms with Gasteiger partial charge in [-0.2, -0.15) is 10.4 Å². The lowest BCUT2D eigenvalue weighted by atomic mass is 10.3. The van der Waals surface area contributed by atoms with Crippen molar-refractivity contribution in [2.75, 3.05) is 46.3 Å². The van der Waals surface area contributed by atoms with E-state index in [1.54, 1.807) is 6.07 Å². The SMILES string of the molecule is CN1CCCN(CC(=O)N2CCCn3nc(C#N)cc3C2)CC1. The van der Waals surface area contributed by atoms with Crippen LogP contribution in [0.3, 0.4) is 0 Å². The maximum atomic E-state index is 12.7. The van der Waals surface area contributed by atoms with Crippen molar-refractivity contribution >= 4 is 5.91 Å². The van der Waals surface area contributed by atoms with E-state index in [0.29, 0.717) is 18.8 Å². The predicted molar refractivity (Wildman–Crippen MR) is 85.5 cm³/mol. The molecule has 2 aliphatic rings. The average Bonchev–Trinajstić information content (AvgIpc) is 2.68. The van der Waals surface area contributed by atoms with Gasteiger partial charge in [-0.25, -0.2) is 0 Å². The molecule has 0 bridgehead atoms. The zero-order valence-electron chi connectivity index (χ0n) is 13.7. The van der Waals surface area contributed by atoms with Crippen molar-refractivity contribution in [3.63, 3.8) is 0 Å². The Bertz CT molecular complexity index is 604. The Morgan fingerprint density at radius 2 is 2.04 bits per heavy atom. The highest BCUT2D eigenvalue weighted by molar-refractivity contribution is 5.78. The van der Waals surface area contributed by atoms with Gasteiger partial charge in [0.15, 0.2) is 5.69 Å². The van der Waals surface area contributed by atoms with Gasteiger partial charge in [-0.1, -0.05) is 0 Å². The molecular weight excluding hydrogens is 292 g/mol. The fourth-order valence-corrected chi connectivity index (χ4v) is 3.28. The van der Waals surface area contributed by atoms with Gasteiger partial charge in [0.25, 0.3) is 0 Å². The number of amides is 1. The van der Waals surface area contributed by atoms with Gasteiger partial charge < -0.3 is 9.80 Å². The Hall–Kier alpha value is -1.91. The lowest BCUT2D eigenvalue weighted by Gasteiger charge is -2.25. The van der Waals surface area contributed by atoms with E-state index in [-0.39, 0.29) is 5.91 Å². The molecule has 3 rings (SSSR count). The number of nitrogens with zero attached hydrogens (tertiary/aromatic N) is 6. The van der Waals surface area contributed by atoms with Crippen molar-refractivity contribution in [2.24, 2.45) is 0 Å². The number of likely N-dealkylation sites (N-methyl/N-ethyl adjacent to an activating group) is 1. The first-order valence-electron chi connectivity index (χ1n) is 8.31. The van der Waals surface area contributed by atoms with Crippen LogP contribution in [-0.4, -0.2) is 76.7 Å². The Labute approximate surface area is 137 Å². The lowest BCUT2D eigenvalue weighted by molar-refractivity contribution is -0.133. The topological polar surface area (TPSA) is 68.4 Å². The normalized spacial score (nSPS) is 20.4. The molecule has 1 amide bonds. The van der Waals surface area contributed by atoms with Crippen LogP contribution in [-0.2, 0) is 17.9 Å². The van der Waals surface area contributed by atoms with Gasteiger partial charge in [-0.15, -0.1) is 0 Å². The Morgan fingerprint density at radius 3 is 2.87 bits per heavy atom. The van der Waals surface area contributed by atoms with Crippen LogP contribution in [0.15, 0.2) is 6.07 Å². The third-order valence-corrected chi connectivity index (χ3v) is 4.65. The Kier molecular flexibility index (Phi) is 4.94. The molecule has 7 heteroatoms. The second kappa shape index (κ2) is 7.11. The molecule has 0 aliphatic carbocycles. The molecule has 0 radical (unpaired) electrons. The number of carbonyl (C=O) groups excluding carboxylic acids is 1. The van der Waals surface area contributed by atoms with E-state index in [1.807, 2.05) is 9.58 Å². The number of nitriles is 1. The van der Waals surface area contributed by atoms with Gasteiger partial charge in [0.1, 0.15) is 6.07 Å². The highest BCUT2D eigenvalue weighted by atomic mass is 16.2. The molecule has 1 saturated heterocycles. The van der Waals surface area contributed by atoms with Crippen molar-refractivity contribution in [2.45, 2.75) is 25.9 Å². The first-order valence-corrected chi connectivity index (χ1v) is 8.31. The number of aryl methyl sites for hydroxylation is 1. The van der Waals surface area contributed by atoms with E-state index in [9.17, 15) is 4.79 Å². The van der Waals surface area contributed by atoms with E-state index in [2.05, 4.69) is 28.0 Å². The van der Waals surface area contributed by atoms with E-state index in [0.717, 1.165) is 57.8 Å². The molecule has 1 aromatic heterocycles. The molecule has 0 atom stereocenters. The second-order valence-corrected chi connectivity index (χ2v) is 6.46. The molecule has 7 nitrogen and oxygen atoms in total. The van der Waals surface area contributed by atoms with E-state index in [1.165, 1.54) is 0 Å². The smallest absolute Gasteiger partial charge is 0.237 e. The highest BCUT2D eigenvalue weighted by Crippen LogP contribution is 2.14. The van der Waals surface area contributed by atoms with Gasteiger partial charge in [0.05, 0.1) is 18.8 Å². The summed E-state index contributed by atoms with van der Waals surface area (Å²) in [5.41, 5.74) is 1.40. The number of carbonyl (C=O) groups is 1. The average molecular weight is 316 g/mol. The summed E-state index contributed by atoms with van der Waals surface area (Å²) in [5, 5.41) is 13.2. The van der Waals surface area contributed by atoms with E-state index in [4.69, 9.17) is 5.26 Å². The Morgan fingerprint density at radius 1 is 1.22 bits per heavy atom. The first kappa shape index (κ1) is 16.0. The minimum absolute atomic E-state index is 0.183. The predicted octanol–water partition coefficient (Wildman–Crippen LogP) is 0.125. The molecule has 0 unspecified atom stereocenters. The number of aromatic nitrogens is 2. The molecule has 0 N–H and O–H groups in total. The van der Waals surface area contributed by atoms with Crippen LogP contribution >= 0.6 is 0 Å². The van der Waals surface area contributed by atoms with Crippen molar-refractivity contribution in [3.8, 4) is 6.07 Å². The second-order valence-electron chi connectivity index (χ2n) is 6.46. The molecule has 3 heterocycles. The van der Waals surface area contributed by atoms with E-state index < -0.39 is 0 Å². The van der Waals surface area contributed by atoms with Crippen molar-refractivity contribution in [1.82, 2.24) is 24.5 Å². The molecule has 0 aromatic carbocycles. The van der Waals surface area contributed by atoms with Crippen molar-refractivity contribution in [1.29, 1.82) is 5.26 Å². The molecule has 1 fully saturated rings. The van der Waals surface area contributed by atoms with Crippen LogP contribution < -0.4 is 0 Å². The molecule has 124 valence electrons. The number of fused-ring (bicyclic) bond motifs is 1. The maximum Gasteiger partial charge on any atom is 0.237 e. The molecular formula is C16H24N6O. The van der Waals surface area contributed by atoms with Crippen LogP contribution in [0.25, 0.3) is 0 Å². The minimum Gasteiger partial charge on any atom is -0.336 e. The molecule has 0 spiro atoms. The van der Waals surface area contributed by atoms with Gasteiger partial charge in [0, 0.05) is 26.2 Å². The Balaban J connectivity index is 1.62. The fourth-order valence-electron chi connectivity index (χ4n) is 3.28. The largest absolute Gasteiger partial charge is 0.336 e. The highest BCUT2D eigenvalue weighted by Gasteiger charge is 2.23. The summed E-state index contributed by atoms with van der Waals surface area (Å²) in [6.45, 7) is 6.64. The number of rotatable bonds is 2. The minimum atomic E-state index is 0.183. The van der Waals surface area contributed by atoms with Gasteiger partial charge in [-0.3, -0.25) is 14.4 Å². The summed E-state index contributed by atoms with van der Waals surface area (Å²) in [6, 6.07) is 3.88. The van der Waals surface area contributed by atoms with Crippen LogP contribution in [0, 0.1) is 11.3 Å². The number of hydrogen-bond acceptors (Lipinski definition) is 5. The quantitative estimate of drug-likeness (QED) is 0.775. The summed E-state index contributed by atoms with van der Waals surface area (Å²) in [7, 11) is 2.13. The van der Waals surface area contributed by atoms with Gasteiger partial charge in [-0.05, 0) is 39.0 Å². The van der Waals surface area contributed by atoms with Gasteiger partial charge in [0.2, 0.25) is 5.91 Å². The van der Waals surface area contributed by atoms with Crippen LogP contribution in [0.5, 0.6) is 0 Å². The van der Waals surface area contributed by atoms with Crippen LogP contribution in [0.2, 0.25) is 0 Å². The summed E-state index contributed by atoms with van der Waals surface area (Å²) < 4.78 is 1.87. The van der Waals surface area contributed by atoms with Gasteiger partial charge >= 0.3 is 0 Å². The fraction of sp³-hybridized carbons (Fsp3) is 0.688. The zero-order chi connectivity index (χ0) is 16.2. The monoisotopic (exact) mass is 316 g/mol. The first-order chi connectivity index (χ1) is 11.2. The molecule has 2 aliphatic heterocycles.